The number of hydrogen-bond donors (Lipinski definition) is 2. The van der Waals surface area contributed by atoms with Crippen LogP contribution in [0.1, 0.15) is 33.3 Å². The first-order chi connectivity index (χ1) is 11.4. The lowest BCUT2D eigenvalue weighted by Crippen LogP contribution is -2.44. The van der Waals surface area contributed by atoms with Crippen molar-refractivity contribution in [2.45, 2.75) is 33.1 Å². The van der Waals surface area contributed by atoms with Crippen LogP contribution in [0.5, 0.6) is 5.75 Å². The van der Waals surface area contributed by atoms with E-state index in [0.717, 1.165) is 31.4 Å². The largest absolute Gasteiger partial charge is 0.493 e. The zero-order chi connectivity index (χ0) is 18.0. The van der Waals surface area contributed by atoms with Crippen molar-refractivity contribution in [1.82, 2.24) is 10.6 Å². The number of rotatable bonds is 9. The zero-order valence-corrected chi connectivity index (χ0v) is 16.0. The molecule has 1 rings (SSSR count). The van der Waals surface area contributed by atoms with Crippen molar-refractivity contribution in [3.05, 3.63) is 29.8 Å². The van der Waals surface area contributed by atoms with Gasteiger partial charge >= 0.3 is 0 Å². The van der Waals surface area contributed by atoms with E-state index in [1.54, 1.807) is 14.2 Å². The van der Waals surface area contributed by atoms with Gasteiger partial charge in [0, 0.05) is 32.7 Å². The third-order valence-electron chi connectivity index (χ3n) is 3.74. The monoisotopic (exact) mass is 335 g/mol. The highest BCUT2D eigenvalue weighted by atomic mass is 16.5. The van der Waals surface area contributed by atoms with Crippen molar-refractivity contribution in [1.29, 1.82) is 0 Å². The van der Waals surface area contributed by atoms with E-state index in [4.69, 9.17) is 9.47 Å². The molecule has 0 amide bonds. The summed E-state index contributed by atoms with van der Waals surface area (Å²) < 4.78 is 10.8. The Morgan fingerprint density at radius 3 is 2.38 bits per heavy atom. The predicted octanol–water partition coefficient (Wildman–Crippen LogP) is 2.81. The molecule has 0 saturated carbocycles. The van der Waals surface area contributed by atoms with Gasteiger partial charge in [-0.05, 0) is 23.6 Å². The molecule has 0 spiro atoms. The van der Waals surface area contributed by atoms with Gasteiger partial charge in [0.25, 0.3) is 0 Å². The molecule has 0 aliphatic rings. The Morgan fingerprint density at radius 2 is 1.83 bits per heavy atom. The molecule has 0 aliphatic heterocycles. The molecule has 136 valence electrons. The lowest BCUT2D eigenvalue weighted by Gasteiger charge is -2.27. The fourth-order valence-corrected chi connectivity index (χ4v) is 2.16. The molecule has 5 nitrogen and oxygen atoms in total. The van der Waals surface area contributed by atoms with Crippen LogP contribution in [0, 0.1) is 5.92 Å². The summed E-state index contributed by atoms with van der Waals surface area (Å²) in [6.45, 7) is 11.6. The van der Waals surface area contributed by atoms with Gasteiger partial charge in [0.1, 0.15) is 5.75 Å². The maximum atomic E-state index is 5.75. The number of nitrogens with one attached hydrogen (secondary N) is 2. The molecule has 0 atom stereocenters. The molecule has 1 aromatic carbocycles. The SMILES string of the molecule is CN=C(NCCOC)NCC(C)(C)c1ccc(OCC(C)C)cc1. The lowest BCUT2D eigenvalue weighted by molar-refractivity contribution is 0.203. The summed E-state index contributed by atoms with van der Waals surface area (Å²) in [5.74, 6) is 2.24. The summed E-state index contributed by atoms with van der Waals surface area (Å²) in [6.07, 6.45) is 0. The summed E-state index contributed by atoms with van der Waals surface area (Å²) in [6, 6.07) is 8.37. The molecule has 1 aromatic rings. The molecular weight excluding hydrogens is 302 g/mol. The molecule has 24 heavy (non-hydrogen) atoms. The summed E-state index contributed by atoms with van der Waals surface area (Å²) in [5, 5.41) is 6.60. The van der Waals surface area contributed by atoms with Crippen molar-refractivity contribution >= 4 is 5.96 Å². The summed E-state index contributed by atoms with van der Waals surface area (Å²) in [5.41, 5.74) is 1.24. The van der Waals surface area contributed by atoms with Crippen LogP contribution in [0.4, 0.5) is 0 Å². The first kappa shape index (κ1) is 20.3. The first-order valence-electron chi connectivity index (χ1n) is 8.56. The molecule has 0 aliphatic carbocycles. The van der Waals surface area contributed by atoms with E-state index >= 15 is 0 Å². The molecule has 0 bridgehead atoms. The molecule has 0 radical (unpaired) electrons. The van der Waals surface area contributed by atoms with Gasteiger partial charge in [-0.25, -0.2) is 0 Å². The van der Waals surface area contributed by atoms with Crippen LogP contribution in [0.15, 0.2) is 29.3 Å². The summed E-state index contributed by atoms with van der Waals surface area (Å²) in [4.78, 5) is 4.23. The fraction of sp³-hybridized carbons (Fsp3) is 0.632. The van der Waals surface area contributed by atoms with Crippen LogP contribution >= 0.6 is 0 Å². The van der Waals surface area contributed by atoms with Crippen LogP contribution < -0.4 is 15.4 Å². The van der Waals surface area contributed by atoms with E-state index in [0.29, 0.717) is 12.5 Å². The smallest absolute Gasteiger partial charge is 0.191 e. The molecular formula is C19H33N3O2. The van der Waals surface area contributed by atoms with Gasteiger partial charge < -0.3 is 20.1 Å². The highest BCUT2D eigenvalue weighted by molar-refractivity contribution is 5.79. The Labute approximate surface area is 146 Å². The Balaban J connectivity index is 2.57. The number of aliphatic imine (C=N–C) groups is 1. The van der Waals surface area contributed by atoms with E-state index < -0.39 is 0 Å². The van der Waals surface area contributed by atoms with Gasteiger partial charge in [-0.3, -0.25) is 4.99 Å². The minimum atomic E-state index is -0.0184. The third kappa shape index (κ3) is 7.21. The van der Waals surface area contributed by atoms with Crippen molar-refractivity contribution < 1.29 is 9.47 Å². The average Bonchev–Trinajstić information content (AvgIpc) is 2.56. The topological polar surface area (TPSA) is 54.9 Å². The van der Waals surface area contributed by atoms with Crippen LogP contribution in [0.25, 0.3) is 0 Å². The molecule has 0 aromatic heterocycles. The summed E-state index contributed by atoms with van der Waals surface area (Å²) in [7, 11) is 3.46. The molecule has 0 fully saturated rings. The Hall–Kier alpha value is -1.75. The number of guanidine groups is 1. The van der Waals surface area contributed by atoms with Gasteiger partial charge in [0.15, 0.2) is 5.96 Å². The predicted molar refractivity (Wildman–Crippen MR) is 101 cm³/mol. The van der Waals surface area contributed by atoms with E-state index in [1.807, 2.05) is 12.1 Å². The van der Waals surface area contributed by atoms with Crippen molar-refractivity contribution in [3.8, 4) is 5.75 Å². The molecule has 0 saturated heterocycles. The van der Waals surface area contributed by atoms with Gasteiger partial charge in [-0.1, -0.05) is 39.8 Å². The van der Waals surface area contributed by atoms with Gasteiger partial charge in [-0.15, -0.1) is 0 Å². The maximum Gasteiger partial charge on any atom is 0.191 e. The van der Waals surface area contributed by atoms with Crippen LogP contribution in [0.2, 0.25) is 0 Å². The van der Waals surface area contributed by atoms with Crippen molar-refractivity contribution in [3.63, 3.8) is 0 Å². The standard InChI is InChI=1S/C19H33N3O2/c1-15(2)13-24-17-9-7-16(8-10-17)19(3,4)14-22-18(20-5)21-11-12-23-6/h7-10,15H,11-14H2,1-6H3,(H2,20,21,22). The maximum absolute atomic E-state index is 5.75. The zero-order valence-electron chi connectivity index (χ0n) is 16.0. The van der Waals surface area contributed by atoms with Crippen LogP contribution in [0.3, 0.4) is 0 Å². The van der Waals surface area contributed by atoms with Crippen molar-refractivity contribution in [2.75, 3.05) is 40.5 Å². The summed E-state index contributed by atoms with van der Waals surface area (Å²) >= 11 is 0. The Morgan fingerprint density at radius 1 is 1.17 bits per heavy atom. The quantitative estimate of drug-likeness (QED) is 0.414. The normalized spacial score (nSPS) is 12.4. The van der Waals surface area contributed by atoms with E-state index in [-0.39, 0.29) is 5.41 Å². The second-order valence-electron chi connectivity index (χ2n) is 6.96. The molecule has 2 N–H and O–H groups in total. The van der Waals surface area contributed by atoms with Gasteiger partial charge in [0.05, 0.1) is 13.2 Å². The minimum Gasteiger partial charge on any atom is -0.493 e. The van der Waals surface area contributed by atoms with Crippen LogP contribution in [-0.4, -0.2) is 46.4 Å². The molecule has 0 unspecified atom stereocenters. The van der Waals surface area contributed by atoms with E-state index in [9.17, 15) is 0 Å². The lowest BCUT2D eigenvalue weighted by atomic mass is 9.84. The van der Waals surface area contributed by atoms with Gasteiger partial charge in [0.2, 0.25) is 0 Å². The molecule has 5 heteroatoms. The minimum absolute atomic E-state index is 0.0184. The number of nitrogens with zero attached hydrogens (tertiary/aromatic N) is 1. The van der Waals surface area contributed by atoms with Crippen LogP contribution in [-0.2, 0) is 10.2 Å². The molecule has 0 heterocycles. The second kappa shape index (κ2) is 10.2. The number of benzene rings is 1. The first-order valence-corrected chi connectivity index (χ1v) is 8.56. The van der Waals surface area contributed by atoms with E-state index in [2.05, 4.69) is 55.5 Å². The average molecular weight is 335 g/mol. The Bertz CT molecular complexity index is 496. The highest BCUT2D eigenvalue weighted by Crippen LogP contribution is 2.24. The Kier molecular flexibility index (Phi) is 8.61. The highest BCUT2D eigenvalue weighted by Gasteiger charge is 2.21. The number of methoxy groups -OCH3 is 1. The van der Waals surface area contributed by atoms with Crippen molar-refractivity contribution in [2.24, 2.45) is 10.9 Å². The third-order valence-corrected chi connectivity index (χ3v) is 3.74. The second-order valence-corrected chi connectivity index (χ2v) is 6.96. The number of hydrogen-bond acceptors (Lipinski definition) is 3. The number of ether oxygens (including phenoxy) is 2. The van der Waals surface area contributed by atoms with E-state index in [1.165, 1.54) is 5.56 Å². The fourth-order valence-electron chi connectivity index (χ4n) is 2.16. The van der Waals surface area contributed by atoms with Gasteiger partial charge in [-0.2, -0.15) is 0 Å².